The molecule has 0 saturated carbocycles. The summed E-state index contributed by atoms with van der Waals surface area (Å²) in [6, 6.07) is 8.86. The number of hydrogen-bond acceptors (Lipinski definition) is 0. The first-order chi connectivity index (χ1) is 4.86. The lowest BCUT2D eigenvalue weighted by atomic mass is 10.2. The summed E-state index contributed by atoms with van der Waals surface area (Å²) >= 11 is 0. The van der Waals surface area contributed by atoms with Crippen molar-refractivity contribution >= 4 is 18.7 Å². The second kappa shape index (κ2) is 2.14. The Kier molecular flexibility index (Phi) is 1.28. The highest BCUT2D eigenvalue weighted by atomic mass is 31.0. The Morgan fingerprint density at radius 1 is 1.20 bits per heavy atom. The van der Waals surface area contributed by atoms with Crippen molar-refractivity contribution in [3.63, 3.8) is 0 Å². The molecule has 0 amide bonds. The largest absolute Gasteiger partial charge is 0.132 e. The Morgan fingerprint density at radius 2 is 2.10 bits per heavy atom. The van der Waals surface area contributed by atoms with E-state index in [2.05, 4.69) is 37.0 Å². The summed E-state index contributed by atoms with van der Waals surface area (Å²) in [5.41, 5.74) is 1.36. The molecule has 1 unspecified atom stereocenters. The Labute approximate surface area is 62.0 Å². The van der Waals surface area contributed by atoms with Crippen LogP contribution in [0.15, 0.2) is 30.1 Å². The summed E-state index contributed by atoms with van der Waals surface area (Å²) in [6.45, 7) is 2.13. The Bertz CT molecular complexity index is 346. The van der Waals surface area contributed by atoms with Gasteiger partial charge in [-0.05, 0) is 23.2 Å². The van der Waals surface area contributed by atoms with Crippen LogP contribution in [0.3, 0.4) is 0 Å². The fraction of sp³-hybridized carbons (Fsp3) is 0.111. The Balaban J connectivity index is 2.86. The van der Waals surface area contributed by atoms with E-state index < -0.39 is 0 Å². The maximum atomic E-state index is 2.24. The Hall–Kier alpha value is -0.740. The maximum absolute atomic E-state index is 2.24. The van der Waals surface area contributed by atoms with Crippen molar-refractivity contribution in [2.75, 3.05) is 0 Å². The average Bonchev–Trinajstić information content (AvgIpc) is 2.33. The fourth-order valence-electron chi connectivity index (χ4n) is 1.17. The zero-order chi connectivity index (χ0) is 6.97. The zero-order valence-corrected chi connectivity index (χ0v) is 6.89. The van der Waals surface area contributed by atoms with E-state index in [4.69, 9.17) is 0 Å². The molecule has 1 atom stereocenters. The summed E-state index contributed by atoms with van der Waals surface area (Å²) in [5, 5.41) is 2.91. The van der Waals surface area contributed by atoms with Crippen LogP contribution in [-0.4, -0.2) is 0 Å². The fourth-order valence-corrected chi connectivity index (χ4v) is 2.12. The third-order valence-corrected chi connectivity index (χ3v) is 2.81. The standard InChI is InChI=1S/C9H9P/c1-7-2-3-9-8(6-7)4-5-10-9/h2-6,10H,1H3. The van der Waals surface area contributed by atoms with Crippen LogP contribution in [0.25, 0.3) is 10.5 Å². The molecule has 1 heteroatoms. The van der Waals surface area contributed by atoms with E-state index in [1.54, 1.807) is 0 Å². The molecule has 0 N–H and O–H groups in total. The molecular formula is C9H9P. The third-order valence-electron chi connectivity index (χ3n) is 1.71. The minimum Gasteiger partial charge on any atom is -0.132 e. The molecule has 0 radical (unpaired) electrons. The van der Waals surface area contributed by atoms with E-state index in [9.17, 15) is 0 Å². The van der Waals surface area contributed by atoms with Gasteiger partial charge in [-0.2, -0.15) is 0 Å². The van der Waals surface area contributed by atoms with Crippen LogP contribution >= 0.6 is 8.19 Å². The number of fused-ring (bicyclic) bond motifs is 1. The first-order valence-electron chi connectivity index (χ1n) is 3.40. The van der Waals surface area contributed by atoms with Crippen LogP contribution in [0, 0.1) is 6.92 Å². The molecular weight excluding hydrogens is 139 g/mol. The molecule has 0 nitrogen and oxygen atoms in total. The van der Waals surface area contributed by atoms with Crippen LogP contribution in [0.2, 0.25) is 0 Å². The second-order valence-corrected chi connectivity index (χ2v) is 3.73. The number of rotatable bonds is 0. The quantitative estimate of drug-likeness (QED) is 0.538. The van der Waals surface area contributed by atoms with Gasteiger partial charge < -0.3 is 0 Å². The molecule has 0 aliphatic carbocycles. The molecule has 2 aromatic rings. The smallest absolute Gasteiger partial charge is 0.00181 e. The predicted octanol–water partition coefficient (Wildman–Crippen LogP) is 3.18. The lowest BCUT2D eigenvalue weighted by Crippen LogP contribution is -1.66. The third kappa shape index (κ3) is 0.853. The van der Waals surface area contributed by atoms with Gasteiger partial charge in [0.15, 0.2) is 0 Å². The molecule has 0 bridgehead atoms. The molecule has 1 heterocycles. The second-order valence-electron chi connectivity index (χ2n) is 2.57. The molecule has 1 aromatic carbocycles. The van der Waals surface area contributed by atoms with Crippen molar-refractivity contribution in [1.29, 1.82) is 0 Å². The molecule has 2 rings (SSSR count). The molecule has 1 aromatic heterocycles. The molecule has 0 aliphatic heterocycles. The van der Waals surface area contributed by atoms with E-state index in [-0.39, 0.29) is 0 Å². The predicted molar refractivity (Wildman–Crippen MR) is 48.2 cm³/mol. The van der Waals surface area contributed by atoms with Crippen molar-refractivity contribution in [3.8, 4) is 0 Å². The Morgan fingerprint density at radius 3 is 3.00 bits per heavy atom. The van der Waals surface area contributed by atoms with Gasteiger partial charge in [0.2, 0.25) is 0 Å². The zero-order valence-electron chi connectivity index (χ0n) is 5.89. The molecule has 0 saturated heterocycles. The van der Waals surface area contributed by atoms with Gasteiger partial charge in [0, 0.05) is 0 Å². The van der Waals surface area contributed by atoms with Gasteiger partial charge in [0.1, 0.15) is 0 Å². The molecule has 10 heavy (non-hydrogen) atoms. The van der Waals surface area contributed by atoms with Crippen molar-refractivity contribution < 1.29 is 0 Å². The van der Waals surface area contributed by atoms with Crippen LogP contribution in [0.4, 0.5) is 0 Å². The van der Waals surface area contributed by atoms with Crippen molar-refractivity contribution in [2.24, 2.45) is 0 Å². The van der Waals surface area contributed by atoms with Gasteiger partial charge in [-0.1, -0.05) is 29.8 Å². The minimum absolute atomic E-state index is 0.896. The highest BCUT2D eigenvalue weighted by Crippen LogP contribution is 2.25. The average molecular weight is 148 g/mol. The summed E-state index contributed by atoms with van der Waals surface area (Å²) in [5.74, 6) is 2.24. The minimum atomic E-state index is 0.896. The van der Waals surface area contributed by atoms with Crippen LogP contribution in [-0.2, 0) is 0 Å². The van der Waals surface area contributed by atoms with E-state index in [1.165, 1.54) is 16.1 Å². The van der Waals surface area contributed by atoms with Crippen LogP contribution in [0.5, 0.6) is 0 Å². The van der Waals surface area contributed by atoms with Gasteiger partial charge >= 0.3 is 0 Å². The molecule has 0 aliphatic rings. The summed E-state index contributed by atoms with van der Waals surface area (Å²) in [7, 11) is 0.896. The lowest BCUT2D eigenvalue weighted by Gasteiger charge is -1.90. The van der Waals surface area contributed by atoms with Gasteiger partial charge in [-0.3, -0.25) is 0 Å². The van der Waals surface area contributed by atoms with E-state index in [1.807, 2.05) is 0 Å². The maximum Gasteiger partial charge on any atom is -0.00181 e. The highest BCUT2D eigenvalue weighted by molar-refractivity contribution is 7.36. The van der Waals surface area contributed by atoms with Crippen molar-refractivity contribution in [3.05, 3.63) is 35.6 Å². The SMILES string of the molecule is Cc1ccc2[pH]ccc2c1. The summed E-state index contributed by atoms with van der Waals surface area (Å²) in [6.07, 6.45) is 0. The molecule has 50 valence electrons. The number of hydrogen-bond donors (Lipinski definition) is 0. The van der Waals surface area contributed by atoms with Crippen molar-refractivity contribution in [2.45, 2.75) is 6.92 Å². The first-order valence-corrected chi connectivity index (χ1v) is 4.48. The van der Waals surface area contributed by atoms with Crippen molar-refractivity contribution in [1.82, 2.24) is 0 Å². The molecule has 0 spiro atoms. The normalized spacial score (nSPS) is 11.3. The lowest BCUT2D eigenvalue weighted by molar-refractivity contribution is 1.52. The first kappa shape index (κ1) is 6.00. The van der Waals surface area contributed by atoms with E-state index in [0.717, 1.165) is 8.19 Å². The number of aryl methyl sites for hydroxylation is 1. The number of benzene rings is 1. The highest BCUT2D eigenvalue weighted by Gasteiger charge is 1.90. The van der Waals surface area contributed by atoms with Crippen LogP contribution < -0.4 is 0 Å². The monoisotopic (exact) mass is 148 g/mol. The van der Waals surface area contributed by atoms with Gasteiger partial charge in [-0.25, -0.2) is 0 Å². The summed E-state index contributed by atoms with van der Waals surface area (Å²) in [4.78, 5) is 0. The van der Waals surface area contributed by atoms with E-state index in [0.29, 0.717) is 0 Å². The topological polar surface area (TPSA) is 0 Å². The van der Waals surface area contributed by atoms with E-state index >= 15 is 0 Å². The molecule has 0 fully saturated rings. The van der Waals surface area contributed by atoms with Gasteiger partial charge in [0.25, 0.3) is 0 Å². The van der Waals surface area contributed by atoms with Gasteiger partial charge in [-0.15, -0.1) is 8.19 Å². The van der Waals surface area contributed by atoms with Gasteiger partial charge in [0.05, 0.1) is 0 Å². The summed E-state index contributed by atoms with van der Waals surface area (Å²) < 4.78 is 0. The van der Waals surface area contributed by atoms with Crippen LogP contribution in [0.1, 0.15) is 5.56 Å².